The maximum absolute atomic E-state index is 13.3. The van der Waals surface area contributed by atoms with E-state index < -0.39 is 0 Å². The molecule has 1 amide bonds. The summed E-state index contributed by atoms with van der Waals surface area (Å²) in [5.41, 5.74) is 8.44. The predicted octanol–water partition coefficient (Wildman–Crippen LogP) is 2.65. The van der Waals surface area contributed by atoms with Crippen LogP contribution in [0.1, 0.15) is 35.7 Å². The van der Waals surface area contributed by atoms with E-state index >= 15 is 0 Å². The van der Waals surface area contributed by atoms with Gasteiger partial charge in [0.2, 0.25) is 0 Å². The number of benzene rings is 1. The number of aryl methyl sites for hydroxylation is 1. The first kappa shape index (κ1) is 16.6. The van der Waals surface area contributed by atoms with Crippen molar-refractivity contribution in [2.75, 3.05) is 13.1 Å². The average molecular weight is 324 g/mol. The molecule has 1 unspecified atom stereocenters. The molecule has 2 atom stereocenters. The number of likely N-dealkylation sites (tertiary alicyclic amines) is 1. The van der Waals surface area contributed by atoms with Gasteiger partial charge >= 0.3 is 0 Å². The van der Waals surface area contributed by atoms with Crippen LogP contribution in [0.15, 0.2) is 36.7 Å². The average Bonchev–Trinajstić information content (AvgIpc) is 2.61. The highest BCUT2D eigenvalue weighted by molar-refractivity contribution is 6.01. The quantitative estimate of drug-likeness (QED) is 0.942. The van der Waals surface area contributed by atoms with Crippen molar-refractivity contribution in [3.05, 3.63) is 47.8 Å². The highest BCUT2D eigenvalue weighted by atomic mass is 16.2. The van der Waals surface area contributed by atoms with E-state index in [1.165, 1.54) is 0 Å². The Balaban J connectivity index is 2.03. The summed E-state index contributed by atoms with van der Waals surface area (Å²) >= 11 is 0. The smallest absolute Gasteiger partial charge is 0.254 e. The first-order valence-electron chi connectivity index (χ1n) is 8.51. The molecule has 3 rings (SSSR count). The summed E-state index contributed by atoms with van der Waals surface area (Å²) in [6, 6.07) is 7.64. The summed E-state index contributed by atoms with van der Waals surface area (Å²) < 4.78 is 0. The van der Waals surface area contributed by atoms with Gasteiger partial charge in [-0.25, -0.2) is 9.97 Å². The summed E-state index contributed by atoms with van der Waals surface area (Å²) in [4.78, 5) is 23.9. The number of piperidine rings is 1. The molecule has 0 aliphatic carbocycles. The number of nitrogens with two attached hydrogens (primary N) is 1. The van der Waals surface area contributed by atoms with Gasteiger partial charge in [0.25, 0.3) is 5.91 Å². The van der Waals surface area contributed by atoms with Gasteiger partial charge in [0, 0.05) is 37.1 Å². The molecule has 0 spiro atoms. The lowest BCUT2D eigenvalue weighted by atomic mass is 9.89. The van der Waals surface area contributed by atoms with Crippen LogP contribution < -0.4 is 5.73 Å². The Labute approximate surface area is 142 Å². The van der Waals surface area contributed by atoms with Gasteiger partial charge in [0.15, 0.2) is 5.82 Å². The molecular formula is C19H24N4O. The van der Waals surface area contributed by atoms with Gasteiger partial charge in [-0.1, -0.05) is 19.1 Å². The van der Waals surface area contributed by atoms with E-state index in [1.807, 2.05) is 30.0 Å². The Morgan fingerprint density at radius 2 is 2.04 bits per heavy atom. The lowest BCUT2D eigenvalue weighted by molar-refractivity contribution is 0.0533. The number of carbonyl (C=O) groups excluding carboxylic acids is 1. The molecular weight excluding hydrogens is 300 g/mol. The molecule has 0 bridgehead atoms. The molecule has 2 N–H and O–H groups in total. The van der Waals surface area contributed by atoms with Crippen LogP contribution in [0.4, 0.5) is 0 Å². The Bertz CT molecular complexity index is 717. The molecule has 1 aromatic heterocycles. The van der Waals surface area contributed by atoms with Crippen LogP contribution >= 0.6 is 0 Å². The van der Waals surface area contributed by atoms with Crippen molar-refractivity contribution in [3.8, 4) is 11.4 Å². The lowest BCUT2D eigenvalue weighted by Crippen LogP contribution is -2.51. The highest BCUT2D eigenvalue weighted by Gasteiger charge is 2.32. The molecule has 0 saturated carbocycles. The van der Waals surface area contributed by atoms with Gasteiger partial charge in [-0.2, -0.15) is 0 Å². The number of hydrogen-bond donors (Lipinski definition) is 1. The zero-order valence-electron chi connectivity index (χ0n) is 14.3. The fourth-order valence-electron chi connectivity index (χ4n) is 3.59. The van der Waals surface area contributed by atoms with Crippen LogP contribution in [0.25, 0.3) is 11.4 Å². The molecule has 5 heteroatoms. The normalized spacial score (nSPS) is 20.9. The fraction of sp³-hybridized carbons (Fsp3) is 0.421. The molecule has 2 heterocycles. The third kappa shape index (κ3) is 3.04. The van der Waals surface area contributed by atoms with Crippen molar-refractivity contribution in [3.63, 3.8) is 0 Å². The van der Waals surface area contributed by atoms with Crippen LogP contribution in [0.2, 0.25) is 0 Å². The monoisotopic (exact) mass is 324 g/mol. The molecule has 1 aliphatic rings. The van der Waals surface area contributed by atoms with Crippen LogP contribution in [0.5, 0.6) is 0 Å². The van der Waals surface area contributed by atoms with Crippen molar-refractivity contribution < 1.29 is 4.79 Å². The first-order chi connectivity index (χ1) is 11.6. The predicted molar refractivity (Wildman–Crippen MR) is 94.5 cm³/mol. The Morgan fingerprint density at radius 3 is 2.75 bits per heavy atom. The van der Waals surface area contributed by atoms with Gasteiger partial charge in [-0.3, -0.25) is 4.79 Å². The SMILES string of the molecule is Cc1cccc(C(=O)N2CCC[C@@H](C)C2CN)c1-c1ncccn1. The van der Waals surface area contributed by atoms with E-state index in [4.69, 9.17) is 5.73 Å². The summed E-state index contributed by atoms with van der Waals surface area (Å²) in [5, 5.41) is 0. The van der Waals surface area contributed by atoms with Gasteiger partial charge < -0.3 is 10.6 Å². The Morgan fingerprint density at radius 1 is 1.29 bits per heavy atom. The third-order valence-corrected chi connectivity index (χ3v) is 4.91. The van der Waals surface area contributed by atoms with Crippen molar-refractivity contribution in [2.45, 2.75) is 32.7 Å². The number of rotatable bonds is 3. The lowest BCUT2D eigenvalue weighted by Gasteiger charge is -2.39. The van der Waals surface area contributed by atoms with Crippen molar-refractivity contribution in [2.24, 2.45) is 11.7 Å². The fourth-order valence-corrected chi connectivity index (χ4v) is 3.59. The zero-order valence-corrected chi connectivity index (χ0v) is 14.3. The van der Waals surface area contributed by atoms with E-state index in [-0.39, 0.29) is 11.9 Å². The second-order valence-electron chi connectivity index (χ2n) is 6.49. The zero-order chi connectivity index (χ0) is 17.1. The number of carbonyl (C=O) groups is 1. The van der Waals surface area contributed by atoms with E-state index in [0.717, 1.165) is 30.5 Å². The maximum atomic E-state index is 13.3. The Kier molecular flexibility index (Phi) is 4.90. The number of amides is 1. The molecule has 1 saturated heterocycles. The molecule has 24 heavy (non-hydrogen) atoms. The summed E-state index contributed by atoms with van der Waals surface area (Å²) in [5.74, 6) is 1.05. The largest absolute Gasteiger partial charge is 0.334 e. The number of aromatic nitrogens is 2. The van der Waals surface area contributed by atoms with Gasteiger partial charge in [0.05, 0.1) is 5.56 Å². The third-order valence-electron chi connectivity index (χ3n) is 4.91. The number of nitrogens with zero attached hydrogens (tertiary/aromatic N) is 3. The van der Waals surface area contributed by atoms with Gasteiger partial charge in [-0.15, -0.1) is 0 Å². The van der Waals surface area contributed by atoms with E-state index in [9.17, 15) is 4.79 Å². The summed E-state index contributed by atoms with van der Waals surface area (Å²) in [7, 11) is 0. The molecule has 1 fully saturated rings. The van der Waals surface area contributed by atoms with Crippen molar-refractivity contribution in [1.82, 2.24) is 14.9 Å². The number of hydrogen-bond acceptors (Lipinski definition) is 4. The molecule has 2 aromatic rings. The molecule has 1 aliphatic heterocycles. The van der Waals surface area contributed by atoms with Crippen molar-refractivity contribution in [1.29, 1.82) is 0 Å². The second kappa shape index (κ2) is 7.09. The highest BCUT2D eigenvalue weighted by Crippen LogP contribution is 2.29. The maximum Gasteiger partial charge on any atom is 0.254 e. The van der Waals surface area contributed by atoms with E-state index in [0.29, 0.717) is 23.9 Å². The van der Waals surface area contributed by atoms with Gasteiger partial charge in [-0.05, 0) is 43.4 Å². The van der Waals surface area contributed by atoms with Crippen LogP contribution in [0, 0.1) is 12.8 Å². The standard InChI is InChI=1S/C19H24N4O/c1-13-7-4-11-23(16(13)12-20)19(24)15-8-3-6-14(2)17(15)18-21-9-5-10-22-18/h3,5-6,8-10,13,16H,4,7,11-12,20H2,1-2H3/t13-,16?/m1/s1. The Hall–Kier alpha value is -2.27. The van der Waals surface area contributed by atoms with Crippen LogP contribution in [-0.4, -0.2) is 39.9 Å². The molecule has 1 aromatic carbocycles. The minimum absolute atomic E-state index is 0.0307. The molecule has 126 valence electrons. The van der Waals surface area contributed by atoms with Crippen LogP contribution in [0.3, 0.4) is 0 Å². The second-order valence-corrected chi connectivity index (χ2v) is 6.49. The molecule has 5 nitrogen and oxygen atoms in total. The van der Waals surface area contributed by atoms with Gasteiger partial charge in [0.1, 0.15) is 0 Å². The topological polar surface area (TPSA) is 72.1 Å². The summed E-state index contributed by atoms with van der Waals surface area (Å²) in [6.07, 6.45) is 5.55. The minimum Gasteiger partial charge on any atom is -0.334 e. The van der Waals surface area contributed by atoms with E-state index in [2.05, 4.69) is 16.9 Å². The first-order valence-corrected chi connectivity index (χ1v) is 8.51. The van der Waals surface area contributed by atoms with Crippen molar-refractivity contribution >= 4 is 5.91 Å². The minimum atomic E-state index is 0.0307. The van der Waals surface area contributed by atoms with Crippen LogP contribution in [-0.2, 0) is 0 Å². The van der Waals surface area contributed by atoms with E-state index in [1.54, 1.807) is 18.5 Å². The molecule has 0 radical (unpaired) electrons. The summed E-state index contributed by atoms with van der Waals surface area (Å²) in [6.45, 7) is 5.42.